The number of hydrogen-bond acceptors (Lipinski definition) is 4. The van der Waals surface area contributed by atoms with E-state index >= 15 is 0 Å². The van der Waals surface area contributed by atoms with Crippen LogP contribution in [-0.4, -0.2) is 22.4 Å². The summed E-state index contributed by atoms with van der Waals surface area (Å²) in [4.78, 5) is 25.0. The third-order valence-electron chi connectivity index (χ3n) is 3.84. The topological polar surface area (TPSA) is 61.2 Å². The molecule has 138 valence electrons. The molecule has 0 N–H and O–H groups in total. The van der Waals surface area contributed by atoms with Crippen molar-refractivity contribution in [2.45, 2.75) is 13.3 Å². The van der Waals surface area contributed by atoms with Gasteiger partial charge in [0.1, 0.15) is 0 Å². The fourth-order valence-corrected chi connectivity index (χ4v) is 2.88. The second kappa shape index (κ2) is 8.37. The Balaban J connectivity index is 2.11. The molecule has 0 fully saturated rings. The number of aromatic nitrogens is 2. The van der Waals surface area contributed by atoms with Gasteiger partial charge in [0.15, 0.2) is 0 Å². The Morgan fingerprint density at radius 2 is 1.85 bits per heavy atom. The molecule has 0 radical (unpaired) electrons. The maximum atomic E-state index is 12.8. The average Bonchev–Trinajstić information content (AvgIpc) is 2.65. The Bertz CT molecular complexity index is 1030. The van der Waals surface area contributed by atoms with Crippen LogP contribution < -0.4 is 5.43 Å². The minimum Gasteiger partial charge on any atom is -0.461 e. The lowest BCUT2D eigenvalue weighted by molar-refractivity contribution is 0.0515. The van der Waals surface area contributed by atoms with Crippen molar-refractivity contribution in [1.82, 2.24) is 9.78 Å². The first-order valence-corrected chi connectivity index (χ1v) is 9.04. The van der Waals surface area contributed by atoms with Crippen molar-refractivity contribution in [3.63, 3.8) is 0 Å². The van der Waals surface area contributed by atoms with E-state index in [1.165, 1.54) is 4.68 Å². The maximum absolute atomic E-state index is 12.8. The average molecular weight is 403 g/mol. The Labute approximate surface area is 166 Å². The first-order valence-electron chi connectivity index (χ1n) is 8.28. The standard InChI is InChI=1S/C20H16Cl2N2O3/c1-2-27-20(26)18-19(25)14(10-13-6-8-15(21)9-7-13)12-24(23-18)17-5-3-4-16(22)11-17/h3-9,11-12H,2,10H2,1H3. The molecular formula is C20H16Cl2N2O3. The maximum Gasteiger partial charge on any atom is 0.362 e. The van der Waals surface area contributed by atoms with Gasteiger partial charge in [0.2, 0.25) is 11.1 Å². The SMILES string of the molecule is CCOC(=O)c1nn(-c2cccc(Cl)c2)cc(Cc2ccc(Cl)cc2)c1=O. The van der Waals surface area contributed by atoms with E-state index < -0.39 is 11.4 Å². The molecule has 0 aliphatic rings. The summed E-state index contributed by atoms with van der Waals surface area (Å²) in [7, 11) is 0. The van der Waals surface area contributed by atoms with Crippen molar-refractivity contribution in [3.05, 3.63) is 91.8 Å². The van der Waals surface area contributed by atoms with Gasteiger partial charge in [0, 0.05) is 28.2 Å². The van der Waals surface area contributed by atoms with Gasteiger partial charge in [0.05, 0.1) is 12.3 Å². The van der Waals surface area contributed by atoms with Gasteiger partial charge >= 0.3 is 5.97 Å². The molecule has 0 bridgehead atoms. The van der Waals surface area contributed by atoms with Gasteiger partial charge in [0.25, 0.3) is 0 Å². The molecule has 1 heterocycles. The molecule has 3 aromatic rings. The zero-order valence-corrected chi connectivity index (χ0v) is 16.0. The van der Waals surface area contributed by atoms with Gasteiger partial charge in [-0.1, -0.05) is 41.4 Å². The molecule has 5 nitrogen and oxygen atoms in total. The Morgan fingerprint density at radius 1 is 1.11 bits per heavy atom. The number of hydrogen-bond donors (Lipinski definition) is 0. The number of ether oxygens (including phenoxy) is 1. The summed E-state index contributed by atoms with van der Waals surface area (Å²) in [6.45, 7) is 1.82. The largest absolute Gasteiger partial charge is 0.461 e. The summed E-state index contributed by atoms with van der Waals surface area (Å²) < 4.78 is 6.45. The van der Waals surface area contributed by atoms with Crippen LogP contribution in [0, 0.1) is 0 Å². The third-order valence-corrected chi connectivity index (χ3v) is 4.33. The second-order valence-corrected chi connectivity index (χ2v) is 6.65. The Kier molecular flexibility index (Phi) is 5.94. The number of benzene rings is 2. The lowest BCUT2D eigenvalue weighted by atomic mass is 10.1. The smallest absolute Gasteiger partial charge is 0.362 e. The molecule has 2 aromatic carbocycles. The monoisotopic (exact) mass is 402 g/mol. The van der Waals surface area contributed by atoms with Gasteiger partial charge in [-0.25, -0.2) is 9.48 Å². The first-order chi connectivity index (χ1) is 13.0. The van der Waals surface area contributed by atoms with Crippen molar-refractivity contribution in [1.29, 1.82) is 0 Å². The molecule has 1 aromatic heterocycles. The van der Waals surface area contributed by atoms with E-state index in [-0.39, 0.29) is 12.3 Å². The summed E-state index contributed by atoms with van der Waals surface area (Å²) in [5.74, 6) is -0.753. The molecule has 0 aliphatic heterocycles. The molecule has 0 saturated carbocycles. The highest BCUT2D eigenvalue weighted by atomic mass is 35.5. The Hall–Kier alpha value is -2.63. The molecule has 0 saturated heterocycles. The lowest BCUT2D eigenvalue weighted by Gasteiger charge is -2.11. The van der Waals surface area contributed by atoms with Crippen molar-refractivity contribution in [3.8, 4) is 5.69 Å². The van der Waals surface area contributed by atoms with E-state index in [2.05, 4.69) is 5.10 Å². The van der Waals surface area contributed by atoms with Gasteiger partial charge in [-0.2, -0.15) is 5.10 Å². The van der Waals surface area contributed by atoms with E-state index in [0.29, 0.717) is 27.7 Å². The van der Waals surface area contributed by atoms with Crippen LogP contribution in [0.4, 0.5) is 0 Å². The highest BCUT2D eigenvalue weighted by Gasteiger charge is 2.19. The van der Waals surface area contributed by atoms with Crippen LogP contribution in [0.2, 0.25) is 10.0 Å². The van der Waals surface area contributed by atoms with Crippen molar-refractivity contribution in [2.75, 3.05) is 6.61 Å². The van der Waals surface area contributed by atoms with Gasteiger partial charge in [-0.05, 0) is 42.8 Å². The van der Waals surface area contributed by atoms with Gasteiger partial charge in [-0.15, -0.1) is 0 Å². The molecule has 0 unspecified atom stereocenters. The number of rotatable bonds is 5. The molecule has 0 amide bonds. The van der Waals surface area contributed by atoms with E-state index in [0.717, 1.165) is 5.56 Å². The predicted molar refractivity (Wildman–Crippen MR) is 105 cm³/mol. The first kappa shape index (κ1) is 19.1. The molecule has 0 atom stereocenters. The molecule has 27 heavy (non-hydrogen) atoms. The fraction of sp³-hybridized carbons (Fsp3) is 0.150. The van der Waals surface area contributed by atoms with E-state index in [9.17, 15) is 9.59 Å². The Morgan fingerprint density at radius 3 is 2.52 bits per heavy atom. The molecule has 0 spiro atoms. The highest BCUT2D eigenvalue weighted by Crippen LogP contribution is 2.16. The van der Waals surface area contributed by atoms with E-state index in [4.69, 9.17) is 27.9 Å². The summed E-state index contributed by atoms with van der Waals surface area (Å²) in [5.41, 5.74) is 1.21. The van der Waals surface area contributed by atoms with E-state index in [1.807, 2.05) is 12.1 Å². The van der Waals surface area contributed by atoms with Crippen LogP contribution in [0.5, 0.6) is 0 Å². The zero-order valence-electron chi connectivity index (χ0n) is 14.5. The third kappa shape index (κ3) is 4.56. The summed E-state index contributed by atoms with van der Waals surface area (Å²) >= 11 is 12.0. The molecule has 0 aliphatic carbocycles. The number of carbonyl (C=O) groups excluding carboxylic acids is 1. The highest BCUT2D eigenvalue weighted by molar-refractivity contribution is 6.30. The predicted octanol–water partition coefficient (Wildman–Crippen LogP) is 4.31. The number of esters is 1. The normalized spacial score (nSPS) is 10.6. The van der Waals surface area contributed by atoms with Crippen LogP contribution in [0.1, 0.15) is 28.5 Å². The summed E-state index contributed by atoms with van der Waals surface area (Å²) in [6, 6.07) is 14.1. The van der Waals surface area contributed by atoms with Crippen LogP contribution in [0.3, 0.4) is 0 Å². The number of carbonyl (C=O) groups is 1. The number of nitrogens with zero attached hydrogens (tertiary/aromatic N) is 2. The van der Waals surface area contributed by atoms with Crippen LogP contribution in [0.15, 0.2) is 59.5 Å². The quantitative estimate of drug-likeness (QED) is 0.596. The minimum atomic E-state index is -0.753. The zero-order chi connectivity index (χ0) is 19.4. The van der Waals surface area contributed by atoms with Crippen molar-refractivity contribution < 1.29 is 9.53 Å². The lowest BCUT2D eigenvalue weighted by Crippen LogP contribution is -2.26. The molecule has 7 heteroatoms. The van der Waals surface area contributed by atoms with E-state index in [1.54, 1.807) is 49.5 Å². The van der Waals surface area contributed by atoms with Crippen molar-refractivity contribution in [2.24, 2.45) is 0 Å². The molecule has 3 rings (SSSR count). The summed E-state index contributed by atoms with van der Waals surface area (Å²) in [5, 5.41) is 5.30. The van der Waals surface area contributed by atoms with Gasteiger partial charge < -0.3 is 4.74 Å². The fourth-order valence-electron chi connectivity index (χ4n) is 2.57. The van der Waals surface area contributed by atoms with Crippen LogP contribution >= 0.6 is 23.2 Å². The van der Waals surface area contributed by atoms with Crippen LogP contribution in [-0.2, 0) is 11.2 Å². The second-order valence-electron chi connectivity index (χ2n) is 5.78. The van der Waals surface area contributed by atoms with Gasteiger partial charge in [-0.3, -0.25) is 4.79 Å². The number of halogens is 2. The summed E-state index contributed by atoms with van der Waals surface area (Å²) in [6.07, 6.45) is 1.93. The minimum absolute atomic E-state index is 0.151. The van der Waals surface area contributed by atoms with Crippen LogP contribution in [0.25, 0.3) is 5.69 Å². The molecular weight excluding hydrogens is 387 g/mol. The van der Waals surface area contributed by atoms with Crippen molar-refractivity contribution >= 4 is 29.2 Å².